The molecule has 4 heterocycles. The van der Waals surface area contributed by atoms with E-state index in [2.05, 4.69) is 19.8 Å². The van der Waals surface area contributed by atoms with Crippen LogP contribution in [0, 0.1) is 11.3 Å². The van der Waals surface area contributed by atoms with Crippen molar-refractivity contribution >= 4 is 22.3 Å². The minimum Gasteiger partial charge on any atom is -0.368 e. The van der Waals surface area contributed by atoms with Crippen LogP contribution in [0.15, 0.2) is 41.3 Å². The quantitative estimate of drug-likeness (QED) is 0.659. The normalized spacial score (nSPS) is 16.9. The van der Waals surface area contributed by atoms with E-state index in [0.717, 1.165) is 49.4 Å². The van der Waals surface area contributed by atoms with Gasteiger partial charge in [0, 0.05) is 43.7 Å². The molecule has 0 saturated carbocycles. The molecule has 7 nitrogen and oxygen atoms in total. The lowest BCUT2D eigenvalue weighted by molar-refractivity contribution is 0.250. The van der Waals surface area contributed by atoms with Crippen LogP contribution in [0.3, 0.4) is 0 Å². The van der Waals surface area contributed by atoms with Crippen molar-refractivity contribution in [3.05, 3.63) is 63.7 Å². The Balaban J connectivity index is 1.30. The molecular formula is C23H23FN6O. The van der Waals surface area contributed by atoms with Gasteiger partial charge >= 0.3 is 0 Å². The van der Waals surface area contributed by atoms with Crippen molar-refractivity contribution in [2.45, 2.75) is 19.4 Å². The summed E-state index contributed by atoms with van der Waals surface area (Å²) < 4.78 is 14.4. The molecule has 0 aliphatic carbocycles. The Morgan fingerprint density at radius 1 is 1.13 bits per heavy atom. The highest BCUT2D eigenvalue weighted by molar-refractivity contribution is 5.93. The second kappa shape index (κ2) is 8.00. The first-order chi connectivity index (χ1) is 15.1. The highest BCUT2D eigenvalue weighted by atomic mass is 19.2. The van der Waals surface area contributed by atoms with Crippen molar-refractivity contribution in [2.24, 2.45) is 0 Å². The van der Waals surface area contributed by atoms with Gasteiger partial charge in [-0.05, 0) is 36.6 Å². The van der Waals surface area contributed by atoms with Crippen LogP contribution < -0.4 is 15.6 Å². The minimum atomic E-state index is -0.188. The van der Waals surface area contributed by atoms with Crippen molar-refractivity contribution in [2.75, 3.05) is 42.7 Å². The summed E-state index contributed by atoms with van der Waals surface area (Å²) in [6.45, 7) is 4.65. The molecule has 2 aromatic heterocycles. The topological polar surface area (TPSA) is 79.3 Å². The number of pyridine rings is 2. The first-order valence-electron chi connectivity index (χ1n) is 10.6. The number of anilines is 2. The monoisotopic (exact) mass is 418 g/mol. The molecule has 3 aromatic rings. The summed E-state index contributed by atoms with van der Waals surface area (Å²) in [7, 11) is 0. The van der Waals surface area contributed by atoms with Gasteiger partial charge in [-0.3, -0.25) is 9.69 Å². The van der Waals surface area contributed by atoms with Crippen LogP contribution in [0.2, 0.25) is 0 Å². The van der Waals surface area contributed by atoms with E-state index in [1.807, 2.05) is 30.3 Å². The van der Waals surface area contributed by atoms with Gasteiger partial charge in [-0.25, -0.2) is 10.1 Å². The van der Waals surface area contributed by atoms with Gasteiger partial charge in [-0.15, -0.1) is 0 Å². The number of nitriles is 1. The van der Waals surface area contributed by atoms with E-state index in [1.54, 1.807) is 12.3 Å². The largest absolute Gasteiger partial charge is 0.368 e. The highest BCUT2D eigenvalue weighted by Crippen LogP contribution is 2.32. The van der Waals surface area contributed by atoms with E-state index >= 15 is 0 Å². The molecule has 0 radical (unpaired) electrons. The van der Waals surface area contributed by atoms with E-state index < -0.39 is 0 Å². The minimum absolute atomic E-state index is 0.188. The number of fused-ring (bicyclic) bond motifs is 3. The smallest absolute Gasteiger partial charge is 0.253 e. The summed E-state index contributed by atoms with van der Waals surface area (Å²) in [5.74, 6) is 0. The molecule has 0 unspecified atom stereocenters. The third kappa shape index (κ3) is 3.73. The number of aromatic amines is 1. The fraction of sp³-hybridized carbons (Fsp3) is 0.348. The zero-order valence-electron chi connectivity index (χ0n) is 17.1. The molecule has 1 saturated heterocycles. The lowest BCUT2D eigenvalue weighted by atomic mass is 10.0. The molecule has 1 aromatic carbocycles. The van der Waals surface area contributed by atoms with Gasteiger partial charge in [0.15, 0.2) is 0 Å². The Bertz CT molecular complexity index is 1210. The van der Waals surface area contributed by atoms with Gasteiger partial charge in [0.2, 0.25) is 0 Å². The van der Waals surface area contributed by atoms with E-state index in [1.165, 1.54) is 0 Å². The van der Waals surface area contributed by atoms with Gasteiger partial charge in [0.05, 0.1) is 29.6 Å². The predicted octanol–water partition coefficient (Wildman–Crippen LogP) is 2.75. The molecule has 1 N–H and O–H groups in total. The predicted molar refractivity (Wildman–Crippen MR) is 118 cm³/mol. The first-order valence-corrected chi connectivity index (χ1v) is 10.6. The van der Waals surface area contributed by atoms with Crippen LogP contribution in [0.1, 0.15) is 23.2 Å². The summed E-state index contributed by atoms with van der Waals surface area (Å²) in [5.41, 5.74) is 4.03. The molecule has 1 fully saturated rings. The molecule has 2 aliphatic heterocycles. The fourth-order valence-electron chi connectivity index (χ4n) is 4.54. The SMILES string of the molecule is N#Cc1ccc(N2CCN(Cc3ccc4c5c(c(=O)[nH]c4c3)CCCN5F)CC2)cn1. The Morgan fingerprint density at radius 2 is 1.97 bits per heavy atom. The van der Waals surface area contributed by atoms with E-state index in [4.69, 9.17) is 5.26 Å². The summed E-state index contributed by atoms with van der Waals surface area (Å²) >= 11 is 0. The van der Waals surface area contributed by atoms with Crippen LogP contribution in [0.5, 0.6) is 0 Å². The Labute approximate surface area is 179 Å². The van der Waals surface area contributed by atoms with Crippen LogP contribution >= 0.6 is 0 Å². The second-order valence-electron chi connectivity index (χ2n) is 8.13. The lowest BCUT2D eigenvalue weighted by Crippen LogP contribution is -2.46. The molecule has 2 aliphatic rings. The molecule has 158 valence electrons. The van der Waals surface area contributed by atoms with E-state index in [0.29, 0.717) is 47.0 Å². The number of nitrogens with one attached hydrogen (secondary N) is 1. The number of aromatic nitrogens is 2. The number of piperazine rings is 1. The number of hydrogen-bond acceptors (Lipinski definition) is 6. The maximum atomic E-state index is 14.4. The van der Waals surface area contributed by atoms with Gasteiger partial charge in [-0.2, -0.15) is 5.26 Å². The van der Waals surface area contributed by atoms with Crippen molar-refractivity contribution in [3.8, 4) is 6.07 Å². The Kier molecular flexibility index (Phi) is 5.04. The Morgan fingerprint density at radius 3 is 2.71 bits per heavy atom. The molecule has 5 rings (SSSR count). The maximum absolute atomic E-state index is 14.4. The lowest BCUT2D eigenvalue weighted by Gasteiger charge is -2.36. The summed E-state index contributed by atoms with van der Waals surface area (Å²) in [6.07, 6.45) is 3.02. The van der Waals surface area contributed by atoms with Gasteiger partial charge in [-0.1, -0.05) is 16.6 Å². The van der Waals surface area contributed by atoms with Gasteiger partial charge in [0.1, 0.15) is 11.8 Å². The number of benzene rings is 1. The molecular weight excluding hydrogens is 395 g/mol. The summed E-state index contributed by atoms with van der Waals surface area (Å²) in [4.78, 5) is 24.2. The summed E-state index contributed by atoms with van der Waals surface area (Å²) in [6, 6.07) is 11.7. The van der Waals surface area contributed by atoms with Crippen LogP contribution in [0.25, 0.3) is 10.9 Å². The molecule has 0 bridgehead atoms. The zero-order chi connectivity index (χ0) is 21.4. The van der Waals surface area contributed by atoms with Crippen molar-refractivity contribution in [3.63, 3.8) is 0 Å². The van der Waals surface area contributed by atoms with Gasteiger partial charge in [0.25, 0.3) is 5.56 Å². The summed E-state index contributed by atoms with van der Waals surface area (Å²) in [5, 5.41) is 10.4. The molecule has 0 atom stereocenters. The molecule has 0 spiro atoms. The molecule has 0 amide bonds. The standard InChI is InChI=1S/C23H23FN6O/c24-30-7-1-2-20-22(30)19-6-3-16(12-21(19)27-23(20)31)15-28-8-10-29(11-9-28)18-5-4-17(13-25)26-14-18/h3-6,12,14H,1-2,7-11,15H2,(H,27,31). The van der Waals surface area contributed by atoms with Crippen LogP contribution in [0.4, 0.5) is 15.9 Å². The van der Waals surface area contributed by atoms with Crippen LogP contribution in [-0.2, 0) is 13.0 Å². The number of nitrogens with zero attached hydrogens (tertiary/aromatic N) is 5. The number of hydrogen-bond donors (Lipinski definition) is 1. The first kappa shape index (κ1) is 19.5. The third-order valence-corrected chi connectivity index (χ3v) is 6.18. The number of halogens is 1. The highest BCUT2D eigenvalue weighted by Gasteiger charge is 2.23. The average Bonchev–Trinajstić information content (AvgIpc) is 2.80. The van der Waals surface area contributed by atoms with E-state index in [-0.39, 0.29) is 5.56 Å². The Hall–Kier alpha value is -3.44. The van der Waals surface area contributed by atoms with Crippen molar-refractivity contribution < 1.29 is 4.48 Å². The average molecular weight is 418 g/mol. The fourth-order valence-corrected chi connectivity index (χ4v) is 4.54. The number of rotatable bonds is 3. The molecule has 31 heavy (non-hydrogen) atoms. The zero-order valence-corrected chi connectivity index (χ0v) is 17.1. The van der Waals surface area contributed by atoms with Crippen molar-refractivity contribution in [1.82, 2.24) is 14.9 Å². The molecule has 8 heteroatoms. The third-order valence-electron chi connectivity index (χ3n) is 6.18. The van der Waals surface area contributed by atoms with Crippen molar-refractivity contribution in [1.29, 1.82) is 5.26 Å². The van der Waals surface area contributed by atoms with Crippen LogP contribution in [-0.4, -0.2) is 47.6 Å². The number of H-pyrrole nitrogens is 1. The van der Waals surface area contributed by atoms with Gasteiger partial charge < -0.3 is 9.88 Å². The van der Waals surface area contributed by atoms with E-state index in [9.17, 15) is 9.28 Å². The second-order valence-corrected chi connectivity index (χ2v) is 8.13. The maximum Gasteiger partial charge on any atom is 0.253 e.